The fraction of sp³-hybridized carbons (Fsp3) is 0.238. The van der Waals surface area contributed by atoms with Gasteiger partial charge in [-0.15, -0.1) is 0 Å². The molecule has 0 aliphatic heterocycles. The number of carboxylic acid groups (broad SMARTS) is 1. The molecule has 0 unspecified atom stereocenters. The molecule has 0 aliphatic carbocycles. The molecule has 0 saturated carbocycles. The molecule has 7 nitrogen and oxygen atoms in total. The average Bonchev–Trinajstić information content (AvgIpc) is 3.13. The normalized spacial score (nSPS) is 11.3. The van der Waals surface area contributed by atoms with Gasteiger partial charge in [-0.05, 0) is 49.7 Å². The number of carbonyl (C=O) groups excluding carboxylic acids is 1. The number of ether oxygens (including phenoxy) is 1. The van der Waals surface area contributed by atoms with Crippen molar-refractivity contribution >= 4 is 6.09 Å². The summed E-state index contributed by atoms with van der Waals surface area (Å²) in [5.41, 5.74) is 2.78. The maximum absolute atomic E-state index is 10.5. The van der Waals surface area contributed by atoms with Crippen molar-refractivity contribution in [1.82, 2.24) is 15.1 Å². The molecule has 0 radical (unpaired) electrons. The lowest BCUT2D eigenvalue weighted by Gasteiger charge is -2.13. The van der Waals surface area contributed by atoms with E-state index in [-0.39, 0.29) is 6.54 Å². The van der Waals surface area contributed by atoms with E-state index in [0.717, 1.165) is 28.3 Å². The Bertz CT molecular complexity index is 955. The summed E-state index contributed by atoms with van der Waals surface area (Å²) >= 11 is 0. The van der Waals surface area contributed by atoms with Crippen LogP contribution in [0, 0.1) is 0 Å². The van der Waals surface area contributed by atoms with Crippen LogP contribution in [0.1, 0.15) is 25.1 Å². The Hall–Kier alpha value is -3.32. The van der Waals surface area contributed by atoms with Crippen molar-refractivity contribution in [1.29, 1.82) is 0 Å². The standard InChI is InChI=1S/C21H23N3O4/c1-21(2,27)19-12-18(15-6-4-14(5-7-15)13-22-20(25)26)24(23-19)16-8-10-17(28-3)11-9-16/h4-12,22,27H,13H2,1-3H3,(H,25,26)/p-1. The van der Waals surface area contributed by atoms with E-state index >= 15 is 0 Å². The van der Waals surface area contributed by atoms with Gasteiger partial charge < -0.3 is 25.1 Å². The van der Waals surface area contributed by atoms with E-state index in [1.165, 1.54) is 0 Å². The maximum atomic E-state index is 10.5. The second-order valence-corrected chi connectivity index (χ2v) is 6.92. The van der Waals surface area contributed by atoms with Crippen molar-refractivity contribution in [2.24, 2.45) is 0 Å². The fourth-order valence-electron chi connectivity index (χ4n) is 2.77. The molecule has 1 aromatic heterocycles. The SMILES string of the molecule is COc1ccc(-n2nc(C(C)(C)O)cc2-c2ccc(CNC(=O)[O-])cc2)cc1. The first-order chi connectivity index (χ1) is 13.3. The third kappa shape index (κ3) is 4.32. The molecule has 28 heavy (non-hydrogen) atoms. The number of hydrogen-bond acceptors (Lipinski definition) is 5. The Kier molecular flexibility index (Phi) is 5.37. The van der Waals surface area contributed by atoms with Crippen LogP contribution < -0.4 is 15.2 Å². The largest absolute Gasteiger partial charge is 0.530 e. The van der Waals surface area contributed by atoms with Gasteiger partial charge in [-0.3, -0.25) is 0 Å². The molecule has 0 spiro atoms. The first-order valence-corrected chi connectivity index (χ1v) is 8.79. The smallest absolute Gasteiger partial charge is 0.134 e. The molecule has 2 aromatic carbocycles. The van der Waals surface area contributed by atoms with Crippen LogP contribution in [0.5, 0.6) is 5.75 Å². The molecule has 3 rings (SSSR count). The van der Waals surface area contributed by atoms with E-state index in [1.807, 2.05) is 54.6 Å². The van der Waals surface area contributed by atoms with E-state index < -0.39 is 11.7 Å². The lowest BCUT2D eigenvalue weighted by Crippen LogP contribution is -2.35. The molecule has 1 heterocycles. The van der Waals surface area contributed by atoms with Gasteiger partial charge in [0.05, 0.1) is 24.2 Å². The number of nitrogens with zero attached hydrogens (tertiary/aromatic N) is 2. The predicted octanol–water partition coefficient (Wildman–Crippen LogP) is 2.21. The zero-order valence-corrected chi connectivity index (χ0v) is 16.0. The lowest BCUT2D eigenvalue weighted by atomic mass is 10.0. The van der Waals surface area contributed by atoms with Crippen LogP contribution in [0.25, 0.3) is 16.9 Å². The minimum atomic E-state index is -1.31. The summed E-state index contributed by atoms with van der Waals surface area (Å²) in [6.07, 6.45) is -1.31. The molecule has 146 valence electrons. The number of hydrogen-bond donors (Lipinski definition) is 2. The van der Waals surface area contributed by atoms with Crippen molar-refractivity contribution in [2.45, 2.75) is 26.0 Å². The van der Waals surface area contributed by atoms with Gasteiger partial charge in [-0.1, -0.05) is 24.3 Å². The molecule has 2 N–H and O–H groups in total. The van der Waals surface area contributed by atoms with Gasteiger partial charge in [0.1, 0.15) is 17.4 Å². The molecular formula is C21H22N3O4-. The molecule has 0 saturated heterocycles. The van der Waals surface area contributed by atoms with Gasteiger partial charge in [0, 0.05) is 12.1 Å². The predicted molar refractivity (Wildman–Crippen MR) is 103 cm³/mol. The second kappa shape index (κ2) is 7.74. The molecule has 0 aliphatic rings. The molecule has 1 amide bonds. The Balaban J connectivity index is 2.01. The van der Waals surface area contributed by atoms with Crippen LogP contribution in [-0.4, -0.2) is 28.1 Å². The third-order valence-corrected chi connectivity index (χ3v) is 4.34. The fourth-order valence-corrected chi connectivity index (χ4v) is 2.77. The number of rotatable bonds is 6. The summed E-state index contributed by atoms with van der Waals surface area (Å²) in [7, 11) is 1.61. The van der Waals surface area contributed by atoms with Crippen molar-refractivity contribution < 1.29 is 19.7 Å². The maximum Gasteiger partial charge on any atom is 0.134 e. The monoisotopic (exact) mass is 380 g/mol. The molecule has 0 atom stereocenters. The van der Waals surface area contributed by atoms with Crippen LogP contribution in [-0.2, 0) is 12.1 Å². The minimum Gasteiger partial charge on any atom is -0.530 e. The van der Waals surface area contributed by atoms with Crippen molar-refractivity contribution in [3.05, 3.63) is 65.9 Å². The first kappa shape index (κ1) is 19.4. The highest BCUT2D eigenvalue weighted by Crippen LogP contribution is 2.29. The summed E-state index contributed by atoms with van der Waals surface area (Å²) in [4.78, 5) is 10.5. The summed E-state index contributed by atoms with van der Waals surface area (Å²) in [6, 6.07) is 16.8. The van der Waals surface area contributed by atoms with E-state index in [9.17, 15) is 15.0 Å². The van der Waals surface area contributed by atoms with Crippen LogP contribution in [0.15, 0.2) is 54.6 Å². The van der Waals surface area contributed by atoms with Gasteiger partial charge in [-0.25, -0.2) is 4.68 Å². The first-order valence-electron chi connectivity index (χ1n) is 8.79. The molecule has 0 bridgehead atoms. The number of benzene rings is 2. The van der Waals surface area contributed by atoms with Crippen LogP contribution in [0.2, 0.25) is 0 Å². The second-order valence-electron chi connectivity index (χ2n) is 6.92. The zero-order valence-electron chi connectivity index (χ0n) is 16.0. The third-order valence-electron chi connectivity index (χ3n) is 4.34. The number of amides is 1. The van der Waals surface area contributed by atoms with E-state index in [1.54, 1.807) is 25.6 Å². The number of carbonyl (C=O) groups is 1. The Labute approximate surface area is 163 Å². The van der Waals surface area contributed by atoms with Gasteiger partial charge in [0.25, 0.3) is 0 Å². The lowest BCUT2D eigenvalue weighted by molar-refractivity contribution is -0.251. The minimum absolute atomic E-state index is 0.176. The molecule has 7 heteroatoms. The number of aliphatic hydroxyl groups is 1. The number of nitrogens with one attached hydrogen (secondary N) is 1. The summed E-state index contributed by atoms with van der Waals surface area (Å²) in [5, 5.41) is 27.8. The number of methoxy groups -OCH3 is 1. The highest BCUT2D eigenvalue weighted by atomic mass is 16.5. The highest BCUT2D eigenvalue weighted by molar-refractivity contribution is 5.64. The van der Waals surface area contributed by atoms with Gasteiger partial charge >= 0.3 is 0 Å². The topological polar surface area (TPSA) is 99.4 Å². The van der Waals surface area contributed by atoms with Crippen LogP contribution >= 0.6 is 0 Å². The quantitative estimate of drug-likeness (QED) is 0.683. The summed E-state index contributed by atoms with van der Waals surface area (Å²) < 4.78 is 6.98. The Morgan fingerprint density at radius 2 is 1.82 bits per heavy atom. The molecule has 3 aromatic rings. The molecular weight excluding hydrogens is 358 g/mol. The van der Waals surface area contributed by atoms with Crippen molar-refractivity contribution in [3.8, 4) is 22.7 Å². The average molecular weight is 380 g/mol. The van der Waals surface area contributed by atoms with Gasteiger partial charge in [-0.2, -0.15) is 5.10 Å². The van der Waals surface area contributed by atoms with E-state index in [0.29, 0.717) is 5.69 Å². The van der Waals surface area contributed by atoms with Crippen LogP contribution in [0.3, 0.4) is 0 Å². The Morgan fingerprint density at radius 1 is 1.18 bits per heavy atom. The van der Waals surface area contributed by atoms with E-state index in [2.05, 4.69) is 10.4 Å². The summed E-state index contributed by atoms with van der Waals surface area (Å²) in [6.45, 7) is 3.55. The number of aromatic nitrogens is 2. The highest BCUT2D eigenvalue weighted by Gasteiger charge is 2.23. The zero-order chi connectivity index (χ0) is 20.3. The van der Waals surface area contributed by atoms with E-state index in [4.69, 9.17) is 4.74 Å². The van der Waals surface area contributed by atoms with Gasteiger partial charge in [0.2, 0.25) is 0 Å². The summed E-state index contributed by atoms with van der Waals surface area (Å²) in [5.74, 6) is 0.741. The van der Waals surface area contributed by atoms with Crippen molar-refractivity contribution in [2.75, 3.05) is 7.11 Å². The van der Waals surface area contributed by atoms with Crippen molar-refractivity contribution in [3.63, 3.8) is 0 Å². The Morgan fingerprint density at radius 3 is 2.36 bits per heavy atom. The van der Waals surface area contributed by atoms with Crippen LogP contribution in [0.4, 0.5) is 4.79 Å². The van der Waals surface area contributed by atoms with Gasteiger partial charge in [0.15, 0.2) is 0 Å². The molecule has 0 fully saturated rings.